The Morgan fingerprint density at radius 1 is 0.395 bits per heavy atom. The normalized spacial score (nSPS) is 13.9. The molecule has 0 saturated heterocycles. The van der Waals surface area contributed by atoms with Crippen molar-refractivity contribution in [2.24, 2.45) is 0 Å². The highest BCUT2D eigenvalue weighted by molar-refractivity contribution is 7.47. The third-order valence-electron chi connectivity index (χ3n) is 17.2. The summed E-state index contributed by atoms with van der Waals surface area (Å²) < 4.78 is 23.8. The molecule has 0 aromatic heterocycles. The van der Waals surface area contributed by atoms with Gasteiger partial charge in [-0.05, 0) is 70.6 Å². The van der Waals surface area contributed by atoms with Gasteiger partial charge in [0.2, 0.25) is 5.91 Å². The lowest BCUT2D eigenvalue weighted by Crippen LogP contribution is -2.45. The van der Waals surface area contributed by atoms with Crippen LogP contribution in [0, 0.1) is 0 Å². The van der Waals surface area contributed by atoms with Gasteiger partial charge in [-0.25, -0.2) is 4.57 Å². The molecule has 9 heteroatoms. The molecule has 0 aliphatic rings. The van der Waals surface area contributed by atoms with Crippen LogP contribution in [-0.4, -0.2) is 73.4 Å². The summed E-state index contributed by atoms with van der Waals surface area (Å²) in [6, 6.07) is -0.864. The Hall–Kier alpha value is -1.80. The number of unbranched alkanes of at least 4 members (excludes halogenated alkanes) is 49. The van der Waals surface area contributed by atoms with Gasteiger partial charge in [-0.1, -0.05) is 357 Å². The number of carbonyl (C=O) groups is 1. The highest BCUT2D eigenvalue weighted by Gasteiger charge is 2.28. The molecule has 0 bridgehead atoms. The Bertz CT molecular complexity index is 1590. The Morgan fingerprint density at radius 2 is 0.674 bits per heavy atom. The predicted molar refractivity (Wildman–Crippen MR) is 378 cm³/mol. The SMILES string of the molecule is CCCCCCC/C=C\C/C=C\C/C=C\CCCCCCCCCCCCCCCCCCCCCCCCCCCCC(=O)NC(COP(=O)(O)OCC[N+](C)(C)C)C(O)/C=C/CC/C=C/CCCCCCCCCCCCCCCCCCC. The number of phosphoric acid groups is 1. The van der Waals surface area contributed by atoms with Crippen LogP contribution < -0.4 is 5.32 Å². The average molecular weight is 1230 g/mol. The highest BCUT2D eigenvalue weighted by atomic mass is 31.2. The number of phosphoric ester groups is 1. The van der Waals surface area contributed by atoms with E-state index in [0.29, 0.717) is 17.4 Å². The molecule has 0 fully saturated rings. The Balaban J connectivity index is 3.95. The second-order valence-corrected chi connectivity index (χ2v) is 28.5. The summed E-state index contributed by atoms with van der Waals surface area (Å²) in [7, 11) is 1.57. The van der Waals surface area contributed by atoms with Crippen molar-refractivity contribution in [3.8, 4) is 0 Å². The number of rotatable bonds is 70. The maximum Gasteiger partial charge on any atom is 0.472 e. The molecule has 8 nitrogen and oxygen atoms in total. The second-order valence-electron chi connectivity index (χ2n) is 27.0. The fourth-order valence-electron chi connectivity index (χ4n) is 11.4. The first-order chi connectivity index (χ1) is 42.0. The van der Waals surface area contributed by atoms with E-state index in [1.165, 1.54) is 302 Å². The number of carbonyl (C=O) groups excluding carboxylic acids is 1. The van der Waals surface area contributed by atoms with Gasteiger partial charge in [0.05, 0.1) is 39.9 Å². The van der Waals surface area contributed by atoms with Gasteiger partial charge in [0.1, 0.15) is 13.2 Å². The van der Waals surface area contributed by atoms with Gasteiger partial charge < -0.3 is 19.8 Å². The summed E-state index contributed by atoms with van der Waals surface area (Å²) in [6.07, 6.45) is 94.0. The number of hydrogen-bond acceptors (Lipinski definition) is 5. The average Bonchev–Trinajstić information content (AvgIpc) is 3.70. The molecular weight excluding hydrogens is 1080 g/mol. The van der Waals surface area contributed by atoms with E-state index >= 15 is 0 Å². The Morgan fingerprint density at radius 3 is 1.01 bits per heavy atom. The number of amides is 1. The van der Waals surface area contributed by atoms with Crippen molar-refractivity contribution in [2.45, 2.75) is 386 Å². The summed E-state index contributed by atoms with van der Waals surface area (Å²) in [5, 5.41) is 14.0. The van der Waals surface area contributed by atoms with Crippen LogP contribution in [0.1, 0.15) is 373 Å². The molecule has 0 rings (SSSR count). The van der Waals surface area contributed by atoms with Crippen LogP contribution in [0.15, 0.2) is 60.8 Å². The zero-order valence-electron chi connectivity index (χ0n) is 58.1. The van der Waals surface area contributed by atoms with Crippen LogP contribution in [0.2, 0.25) is 0 Å². The minimum atomic E-state index is -4.36. The van der Waals surface area contributed by atoms with Crippen LogP contribution in [0.25, 0.3) is 0 Å². The van der Waals surface area contributed by atoms with Crippen LogP contribution >= 0.6 is 7.82 Å². The van der Waals surface area contributed by atoms with Crippen molar-refractivity contribution in [3.63, 3.8) is 0 Å². The first kappa shape index (κ1) is 84.2. The zero-order valence-corrected chi connectivity index (χ0v) is 59.0. The summed E-state index contributed by atoms with van der Waals surface area (Å²) in [5.41, 5.74) is 0. The topological polar surface area (TPSA) is 105 Å². The number of quaternary nitrogens is 1. The van der Waals surface area contributed by atoms with Crippen LogP contribution in [0.3, 0.4) is 0 Å². The second kappa shape index (κ2) is 67.6. The van der Waals surface area contributed by atoms with Gasteiger partial charge in [-0.3, -0.25) is 13.8 Å². The monoisotopic (exact) mass is 1230 g/mol. The first-order valence-corrected chi connectivity index (χ1v) is 39.2. The molecule has 3 unspecified atom stereocenters. The highest BCUT2D eigenvalue weighted by Crippen LogP contribution is 2.43. The maximum absolute atomic E-state index is 13.1. The molecule has 0 aliphatic carbocycles. The number of aliphatic hydroxyl groups excluding tert-OH is 1. The zero-order chi connectivity index (χ0) is 62.6. The van der Waals surface area contributed by atoms with Crippen molar-refractivity contribution in [2.75, 3.05) is 40.9 Å². The number of hydrogen-bond donors (Lipinski definition) is 3. The largest absolute Gasteiger partial charge is 0.472 e. The predicted octanol–water partition coefficient (Wildman–Crippen LogP) is 24.3. The quantitative estimate of drug-likeness (QED) is 0.0243. The van der Waals surface area contributed by atoms with E-state index in [1.54, 1.807) is 6.08 Å². The minimum Gasteiger partial charge on any atom is -0.387 e. The van der Waals surface area contributed by atoms with E-state index in [2.05, 4.69) is 67.8 Å². The van der Waals surface area contributed by atoms with E-state index in [1.807, 2.05) is 27.2 Å². The van der Waals surface area contributed by atoms with Crippen molar-refractivity contribution in [1.82, 2.24) is 5.32 Å². The van der Waals surface area contributed by atoms with E-state index in [9.17, 15) is 19.4 Å². The van der Waals surface area contributed by atoms with Gasteiger partial charge in [0, 0.05) is 6.42 Å². The number of allylic oxidation sites excluding steroid dienone is 9. The Kier molecular flexibility index (Phi) is 66.2. The molecule has 0 aliphatic heterocycles. The van der Waals surface area contributed by atoms with Crippen molar-refractivity contribution >= 4 is 13.7 Å². The number of nitrogens with one attached hydrogen (secondary N) is 1. The first-order valence-electron chi connectivity index (χ1n) is 37.7. The van der Waals surface area contributed by atoms with Gasteiger partial charge in [0.25, 0.3) is 0 Å². The van der Waals surface area contributed by atoms with Crippen molar-refractivity contribution < 1.29 is 32.9 Å². The summed E-state index contributed by atoms with van der Waals surface area (Å²) >= 11 is 0. The lowest BCUT2D eigenvalue weighted by atomic mass is 10.0. The lowest BCUT2D eigenvalue weighted by Gasteiger charge is -2.25. The molecule has 86 heavy (non-hydrogen) atoms. The number of aliphatic hydroxyl groups is 1. The molecule has 0 heterocycles. The fourth-order valence-corrected chi connectivity index (χ4v) is 12.1. The molecule has 3 N–H and O–H groups in total. The summed E-state index contributed by atoms with van der Waals surface area (Å²) in [4.78, 5) is 23.4. The fraction of sp³-hybridized carbons (Fsp3) is 0.857. The van der Waals surface area contributed by atoms with E-state index in [4.69, 9.17) is 9.05 Å². The van der Waals surface area contributed by atoms with E-state index in [-0.39, 0.29) is 19.1 Å². The summed E-state index contributed by atoms with van der Waals surface area (Å²) in [6.45, 7) is 4.83. The number of nitrogens with zero attached hydrogens (tertiary/aromatic N) is 1. The number of likely N-dealkylation sites (N-methyl/N-ethyl adjacent to an activating group) is 1. The van der Waals surface area contributed by atoms with Crippen molar-refractivity contribution in [3.05, 3.63) is 60.8 Å². The molecule has 0 aromatic rings. The third-order valence-corrected chi connectivity index (χ3v) is 18.2. The summed E-state index contributed by atoms with van der Waals surface area (Å²) in [5.74, 6) is -0.180. The van der Waals surface area contributed by atoms with E-state index in [0.717, 1.165) is 51.4 Å². The third kappa shape index (κ3) is 69.7. The molecular formula is C77H148N2O6P+. The Labute approximate surface area is 536 Å². The van der Waals surface area contributed by atoms with Crippen LogP contribution in [0.5, 0.6) is 0 Å². The van der Waals surface area contributed by atoms with E-state index < -0.39 is 20.0 Å². The lowest BCUT2D eigenvalue weighted by molar-refractivity contribution is -0.870. The molecule has 1 amide bonds. The van der Waals surface area contributed by atoms with Gasteiger partial charge >= 0.3 is 7.82 Å². The van der Waals surface area contributed by atoms with Gasteiger partial charge in [0.15, 0.2) is 0 Å². The molecule has 0 aromatic carbocycles. The molecule has 0 radical (unpaired) electrons. The maximum atomic E-state index is 13.1. The standard InChI is InChI=1S/C77H147N2O6P/c1-6-8-10-12-14-16-18-20-22-24-26-28-30-31-32-33-34-35-36-37-38-39-40-41-42-43-44-45-46-47-49-51-53-55-57-59-61-63-65-67-69-71-77(81)78-75(74-85-86(82,83)84-73-72-79(3,4)5)76(80)70-68-66-64-62-60-58-56-54-52-50-48-29-27-25-23-21-19-17-15-13-11-9-7-2/h18,20,24,26,30-31,60,62,68,70,75-76,80H,6-17,19,21-23,25,27-29,32-59,61,63-67,69,71-74H2,1-5H3,(H-,78,81,82,83)/p+1/b20-18-,26-24-,31-30-,62-60+,70-68+. The van der Waals surface area contributed by atoms with Crippen molar-refractivity contribution in [1.29, 1.82) is 0 Å². The molecule has 506 valence electrons. The van der Waals surface area contributed by atoms with Gasteiger partial charge in [-0.15, -0.1) is 0 Å². The van der Waals surface area contributed by atoms with Crippen LogP contribution in [0.4, 0.5) is 0 Å². The van der Waals surface area contributed by atoms with Gasteiger partial charge in [-0.2, -0.15) is 0 Å². The molecule has 0 saturated carbocycles. The smallest absolute Gasteiger partial charge is 0.387 e. The minimum absolute atomic E-state index is 0.0573. The van der Waals surface area contributed by atoms with Crippen LogP contribution in [-0.2, 0) is 18.4 Å². The molecule has 3 atom stereocenters. The molecule has 0 spiro atoms.